The quantitative estimate of drug-likeness (QED) is 0.897. The van der Waals surface area contributed by atoms with E-state index >= 15 is 0 Å². The predicted molar refractivity (Wildman–Crippen MR) is 80.5 cm³/mol. The molecule has 3 N–H and O–H groups in total. The number of halogens is 3. The number of benzene rings is 1. The predicted octanol–water partition coefficient (Wildman–Crippen LogP) is 3.32. The summed E-state index contributed by atoms with van der Waals surface area (Å²) in [4.78, 5) is 15.8. The monoisotopic (exact) mass is 337 g/mol. The third-order valence-electron chi connectivity index (χ3n) is 3.64. The summed E-state index contributed by atoms with van der Waals surface area (Å²) in [5.74, 6) is 0.161. The van der Waals surface area contributed by atoms with Crippen LogP contribution >= 0.6 is 0 Å². The Labute approximate surface area is 135 Å². The number of carbonyl (C=O) groups excluding carboxylic acids is 1. The van der Waals surface area contributed by atoms with Crippen LogP contribution < -0.4 is 15.8 Å². The van der Waals surface area contributed by atoms with Gasteiger partial charge < -0.3 is 15.8 Å². The SMILES string of the molecule is NC1(C(=O)Nc2ccc(Oc3ccc(C(F)(F)F)cc3)nc2)CC1. The van der Waals surface area contributed by atoms with Crippen molar-refractivity contribution in [2.24, 2.45) is 5.73 Å². The van der Waals surface area contributed by atoms with E-state index in [1.165, 1.54) is 24.4 Å². The smallest absolute Gasteiger partial charge is 0.416 e. The molecule has 8 heteroatoms. The molecule has 126 valence electrons. The molecule has 1 aromatic carbocycles. The molecule has 1 amide bonds. The van der Waals surface area contributed by atoms with Gasteiger partial charge in [0.1, 0.15) is 5.75 Å². The van der Waals surface area contributed by atoms with Gasteiger partial charge in [-0.15, -0.1) is 0 Å². The summed E-state index contributed by atoms with van der Waals surface area (Å²) in [5, 5.41) is 2.65. The second kappa shape index (κ2) is 5.79. The van der Waals surface area contributed by atoms with E-state index in [0.29, 0.717) is 18.5 Å². The minimum absolute atomic E-state index is 0.196. The number of alkyl halides is 3. The minimum Gasteiger partial charge on any atom is -0.439 e. The zero-order valence-corrected chi connectivity index (χ0v) is 12.4. The van der Waals surface area contributed by atoms with Gasteiger partial charge >= 0.3 is 6.18 Å². The van der Waals surface area contributed by atoms with Crippen molar-refractivity contribution < 1.29 is 22.7 Å². The molecule has 5 nitrogen and oxygen atoms in total. The fourth-order valence-corrected chi connectivity index (χ4v) is 1.96. The van der Waals surface area contributed by atoms with Crippen LogP contribution in [0.2, 0.25) is 0 Å². The van der Waals surface area contributed by atoms with Crippen molar-refractivity contribution in [3.63, 3.8) is 0 Å². The van der Waals surface area contributed by atoms with Gasteiger partial charge in [0.05, 0.1) is 23.0 Å². The van der Waals surface area contributed by atoms with Crippen LogP contribution in [0.4, 0.5) is 18.9 Å². The highest BCUT2D eigenvalue weighted by Gasteiger charge is 2.45. The molecular weight excluding hydrogens is 323 g/mol. The Morgan fingerprint density at radius 2 is 1.83 bits per heavy atom. The number of pyridine rings is 1. The number of hydrogen-bond acceptors (Lipinski definition) is 4. The first-order valence-corrected chi connectivity index (χ1v) is 7.18. The number of anilines is 1. The van der Waals surface area contributed by atoms with E-state index in [0.717, 1.165) is 12.1 Å². The zero-order chi connectivity index (χ0) is 17.4. The van der Waals surface area contributed by atoms with Crippen molar-refractivity contribution in [2.45, 2.75) is 24.6 Å². The fourth-order valence-electron chi connectivity index (χ4n) is 1.96. The van der Waals surface area contributed by atoms with Gasteiger partial charge in [-0.2, -0.15) is 13.2 Å². The maximum Gasteiger partial charge on any atom is 0.416 e. The lowest BCUT2D eigenvalue weighted by atomic mass is 10.2. The minimum atomic E-state index is -4.39. The molecule has 2 aromatic rings. The van der Waals surface area contributed by atoms with Crippen molar-refractivity contribution in [1.82, 2.24) is 4.98 Å². The largest absolute Gasteiger partial charge is 0.439 e. The molecule has 1 fully saturated rings. The van der Waals surface area contributed by atoms with E-state index in [2.05, 4.69) is 10.3 Å². The highest BCUT2D eigenvalue weighted by atomic mass is 19.4. The normalized spacial score (nSPS) is 15.7. The van der Waals surface area contributed by atoms with Crippen LogP contribution in [0.1, 0.15) is 18.4 Å². The van der Waals surface area contributed by atoms with Crippen molar-refractivity contribution in [2.75, 3.05) is 5.32 Å². The third-order valence-corrected chi connectivity index (χ3v) is 3.64. The van der Waals surface area contributed by atoms with Crippen LogP contribution in [0.3, 0.4) is 0 Å². The van der Waals surface area contributed by atoms with Crippen LogP contribution in [-0.2, 0) is 11.0 Å². The molecule has 0 saturated heterocycles. The lowest BCUT2D eigenvalue weighted by Crippen LogP contribution is -2.37. The van der Waals surface area contributed by atoms with Crippen LogP contribution in [0.15, 0.2) is 42.6 Å². The summed E-state index contributed by atoms with van der Waals surface area (Å²) >= 11 is 0. The Bertz CT molecular complexity index is 739. The molecule has 0 bridgehead atoms. The van der Waals surface area contributed by atoms with E-state index in [1.807, 2.05) is 0 Å². The first kappa shape index (κ1) is 16.3. The Balaban J connectivity index is 1.62. The Morgan fingerprint density at radius 3 is 2.33 bits per heavy atom. The second-order valence-electron chi connectivity index (χ2n) is 5.62. The van der Waals surface area contributed by atoms with Crippen molar-refractivity contribution in [3.05, 3.63) is 48.2 Å². The first-order chi connectivity index (χ1) is 11.3. The molecule has 0 spiro atoms. The van der Waals surface area contributed by atoms with Gasteiger partial charge in [-0.05, 0) is 43.2 Å². The highest BCUT2D eigenvalue weighted by Crippen LogP contribution is 2.33. The molecule has 1 aliphatic rings. The maximum atomic E-state index is 12.5. The fraction of sp³-hybridized carbons (Fsp3) is 0.250. The summed E-state index contributed by atoms with van der Waals surface area (Å²) in [6.07, 6.45) is -1.69. The Hall–Kier alpha value is -2.61. The van der Waals surface area contributed by atoms with Crippen molar-refractivity contribution in [1.29, 1.82) is 0 Å². The van der Waals surface area contributed by atoms with Crippen molar-refractivity contribution in [3.8, 4) is 11.6 Å². The lowest BCUT2D eigenvalue weighted by molar-refractivity contribution is -0.137. The van der Waals surface area contributed by atoms with Gasteiger partial charge in [-0.25, -0.2) is 4.98 Å². The number of nitrogens with two attached hydrogens (primary N) is 1. The van der Waals surface area contributed by atoms with Crippen LogP contribution in [0.25, 0.3) is 0 Å². The van der Waals surface area contributed by atoms with Crippen molar-refractivity contribution >= 4 is 11.6 Å². The lowest BCUT2D eigenvalue weighted by Gasteiger charge is -2.11. The topological polar surface area (TPSA) is 77.2 Å². The molecule has 1 saturated carbocycles. The van der Waals surface area contributed by atoms with Crippen LogP contribution in [-0.4, -0.2) is 16.4 Å². The number of nitrogens with one attached hydrogen (secondary N) is 1. The van der Waals surface area contributed by atoms with E-state index in [9.17, 15) is 18.0 Å². The number of amides is 1. The average molecular weight is 337 g/mol. The van der Waals surface area contributed by atoms with Gasteiger partial charge in [-0.1, -0.05) is 0 Å². The molecule has 0 atom stereocenters. The zero-order valence-electron chi connectivity index (χ0n) is 12.4. The Morgan fingerprint density at radius 1 is 1.17 bits per heavy atom. The molecular formula is C16H14F3N3O2. The van der Waals surface area contributed by atoms with E-state index in [1.54, 1.807) is 6.07 Å². The highest BCUT2D eigenvalue weighted by molar-refractivity contribution is 5.99. The number of hydrogen-bond donors (Lipinski definition) is 2. The van der Waals surface area contributed by atoms with E-state index < -0.39 is 17.3 Å². The summed E-state index contributed by atoms with van der Waals surface area (Å²) in [6.45, 7) is 0. The molecule has 24 heavy (non-hydrogen) atoms. The number of ether oxygens (including phenoxy) is 1. The number of rotatable bonds is 4. The number of nitrogens with zero attached hydrogens (tertiary/aromatic N) is 1. The van der Waals surface area contributed by atoms with E-state index in [4.69, 9.17) is 10.5 Å². The van der Waals surface area contributed by atoms with Gasteiger partial charge in [0, 0.05) is 6.07 Å². The van der Waals surface area contributed by atoms with Crippen LogP contribution in [0.5, 0.6) is 11.6 Å². The number of carbonyl (C=O) groups is 1. The van der Waals surface area contributed by atoms with Gasteiger partial charge in [-0.3, -0.25) is 4.79 Å². The number of aromatic nitrogens is 1. The van der Waals surface area contributed by atoms with E-state index in [-0.39, 0.29) is 17.5 Å². The van der Waals surface area contributed by atoms with Crippen LogP contribution in [0, 0.1) is 0 Å². The Kier molecular flexibility index (Phi) is 3.92. The second-order valence-corrected chi connectivity index (χ2v) is 5.62. The molecule has 1 aliphatic carbocycles. The summed E-state index contributed by atoms with van der Waals surface area (Å²) in [7, 11) is 0. The average Bonchev–Trinajstić information content (AvgIpc) is 3.28. The summed E-state index contributed by atoms with van der Waals surface area (Å²) < 4.78 is 42.8. The molecule has 1 aromatic heterocycles. The molecule has 1 heterocycles. The summed E-state index contributed by atoms with van der Waals surface area (Å²) in [5.41, 5.74) is 4.71. The standard InChI is InChI=1S/C16H14F3N3O2/c17-16(18,19)10-1-4-12(5-2-10)24-13-6-3-11(9-21-13)22-14(23)15(20)7-8-15/h1-6,9H,7-8,20H2,(H,22,23). The van der Waals surface area contributed by atoms with Gasteiger partial charge in [0.2, 0.25) is 11.8 Å². The van der Waals surface area contributed by atoms with Gasteiger partial charge in [0.15, 0.2) is 0 Å². The maximum absolute atomic E-state index is 12.5. The molecule has 3 rings (SSSR count). The molecule has 0 radical (unpaired) electrons. The molecule has 0 unspecified atom stereocenters. The summed E-state index contributed by atoms with van der Waals surface area (Å²) in [6, 6.07) is 7.37. The first-order valence-electron chi connectivity index (χ1n) is 7.18. The molecule has 0 aliphatic heterocycles. The third kappa shape index (κ3) is 3.65. The van der Waals surface area contributed by atoms with Gasteiger partial charge in [0.25, 0.3) is 0 Å².